The van der Waals surface area contributed by atoms with Gasteiger partial charge in [-0.15, -0.1) is 0 Å². The van der Waals surface area contributed by atoms with E-state index in [1.165, 1.54) is 6.07 Å². The van der Waals surface area contributed by atoms with E-state index in [0.29, 0.717) is 5.69 Å². The molecule has 14 heavy (non-hydrogen) atoms. The SMILES string of the molecule is NCCCCN.Nc1cccc(O)c1. The van der Waals surface area contributed by atoms with Crippen LogP contribution in [0.1, 0.15) is 12.8 Å². The number of hydrogen-bond donors (Lipinski definition) is 4. The Labute approximate surface area is 84.7 Å². The van der Waals surface area contributed by atoms with Crippen LogP contribution in [0.5, 0.6) is 5.75 Å². The van der Waals surface area contributed by atoms with Crippen molar-refractivity contribution in [1.82, 2.24) is 0 Å². The molecular formula is C10H19N3O. The molecule has 80 valence electrons. The van der Waals surface area contributed by atoms with Crippen molar-refractivity contribution < 1.29 is 5.11 Å². The van der Waals surface area contributed by atoms with Gasteiger partial charge in [0.2, 0.25) is 0 Å². The van der Waals surface area contributed by atoms with Crippen molar-refractivity contribution in [3.63, 3.8) is 0 Å². The van der Waals surface area contributed by atoms with Gasteiger partial charge >= 0.3 is 0 Å². The van der Waals surface area contributed by atoms with Gasteiger partial charge in [0, 0.05) is 11.8 Å². The van der Waals surface area contributed by atoms with E-state index in [0.717, 1.165) is 25.9 Å². The van der Waals surface area contributed by atoms with Crippen molar-refractivity contribution >= 4 is 5.69 Å². The van der Waals surface area contributed by atoms with E-state index >= 15 is 0 Å². The number of nitrogen functional groups attached to an aromatic ring is 1. The fourth-order valence-electron chi connectivity index (χ4n) is 0.813. The van der Waals surface area contributed by atoms with Gasteiger partial charge in [-0.3, -0.25) is 0 Å². The molecule has 0 aliphatic heterocycles. The van der Waals surface area contributed by atoms with Gasteiger partial charge in [0.05, 0.1) is 0 Å². The van der Waals surface area contributed by atoms with Crippen LogP contribution in [0, 0.1) is 0 Å². The van der Waals surface area contributed by atoms with E-state index in [9.17, 15) is 0 Å². The molecule has 0 spiro atoms. The summed E-state index contributed by atoms with van der Waals surface area (Å²) in [6.45, 7) is 1.55. The third-order valence-corrected chi connectivity index (χ3v) is 1.53. The van der Waals surface area contributed by atoms with Gasteiger partial charge in [0.15, 0.2) is 0 Å². The van der Waals surface area contributed by atoms with Crippen molar-refractivity contribution in [2.45, 2.75) is 12.8 Å². The van der Waals surface area contributed by atoms with E-state index in [-0.39, 0.29) is 5.75 Å². The van der Waals surface area contributed by atoms with Crippen LogP contribution in [-0.4, -0.2) is 18.2 Å². The van der Waals surface area contributed by atoms with Gasteiger partial charge in [0.25, 0.3) is 0 Å². The number of phenols is 1. The standard InChI is InChI=1S/C6H7NO.C4H12N2/c7-5-2-1-3-6(8)4-5;5-3-1-2-4-6/h1-4,8H,7H2;1-6H2. The van der Waals surface area contributed by atoms with Gasteiger partial charge in [-0.25, -0.2) is 0 Å². The first kappa shape index (κ1) is 12.7. The molecule has 0 radical (unpaired) electrons. The molecule has 1 rings (SSSR count). The Morgan fingerprint density at radius 3 is 1.93 bits per heavy atom. The van der Waals surface area contributed by atoms with Crippen molar-refractivity contribution in [3.05, 3.63) is 24.3 Å². The Bertz CT molecular complexity index is 219. The van der Waals surface area contributed by atoms with Crippen molar-refractivity contribution in [2.75, 3.05) is 18.8 Å². The summed E-state index contributed by atoms with van der Waals surface area (Å²) in [6.07, 6.45) is 2.13. The summed E-state index contributed by atoms with van der Waals surface area (Å²) in [6, 6.07) is 6.50. The zero-order valence-corrected chi connectivity index (χ0v) is 8.32. The molecule has 0 saturated carbocycles. The molecule has 0 heterocycles. The summed E-state index contributed by atoms with van der Waals surface area (Å²) in [5.41, 5.74) is 16.2. The largest absolute Gasteiger partial charge is 0.508 e. The average Bonchev–Trinajstić information content (AvgIpc) is 2.15. The summed E-state index contributed by atoms with van der Waals surface area (Å²) in [5.74, 6) is 0.213. The van der Waals surface area contributed by atoms with Crippen LogP contribution in [0.2, 0.25) is 0 Å². The molecule has 0 aliphatic carbocycles. The highest BCUT2D eigenvalue weighted by Gasteiger charge is 1.83. The van der Waals surface area contributed by atoms with Gasteiger partial charge in [0.1, 0.15) is 5.75 Å². The highest BCUT2D eigenvalue weighted by molar-refractivity contribution is 5.42. The van der Waals surface area contributed by atoms with Crippen LogP contribution < -0.4 is 17.2 Å². The molecule has 4 nitrogen and oxygen atoms in total. The Morgan fingerprint density at radius 1 is 1.07 bits per heavy atom. The molecular weight excluding hydrogens is 178 g/mol. The van der Waals surface area contributed by atoms with Crippen LogP contribution in [0.4, 0.5) is 5.69 Å². The molecule has 0 amide bonds. The molecule has 0 bridgehead atoms. The predicted octanol–water partition coefficient (Wildman–Crippen LogP) is 0.658. The number of aromatic hydroxyl groups is 1. The molecule has 0 aliphatic rings. The molecule has 1 aromatic rings. The first-order valence-electron chi connectivity index (χ1n) is 4.65. The van der Waals surface area contributed by atoms with Crippen LogP contribution in [-0.2, 0) is 0 Å². The lowest BCUT2D eigenvalue weighted by Gasteiger charge is -1.90. The third kappa shape index (κ3) is 7.39. The number of hydrogen-bond acceptors (Lipinski definition) is 4. The number of benzene rings is 1. The zero-order valence-electron chi connectivity index (χ0n) is 8.32. The van der Waals surface area contributed by atoms with Gasteiger partial charge in [-0.05, 0) is 38.1 Å². The average molecular weight is 197 g/mol. The van der Waals surface area contributed by atoms with Crippen LogP contribution in [0.25, 0.3) is 0 Å². The van der Waals surface area contributed by atoms with E-state index < -0.39 is 0 Å². The van der Waals surface area contributed by atoms with Crippen LogP contribution in [0.15, 0.2) is 24.3 Å². The molecule has 7 N–H and O–H groups in total. The van der Waals surface area contributed by atoms with Crippen molar-refractivity contribution in [2.24, 2.45) is 11.5 Å². The molecule has 0 fully saturated rings. The van der Waals surface area contributed by atoms with Crippen LogP contribution in [0.3, 0.4) is 0 Å². The lowest BCUT2D eigenvalue weighted by Crippen LogP contribution is -2.03. The minimum absolute atomic E-state index is 0.213. The summed E-state index contributed by atoms with van der Waals surface area (Å²) in [7, 11) is 0. The summed E-state index contributed by atoms with van der Waals surface area (Å²) in [5, 5.41) is 8.73. The minimum atomic E-state index is 0.213. The molecule has 0 aromatic heterocycles. The summed E-state index contributed by atoms with van der Waals surface area (Å²) < 4.78 is 0. The fourth-order valence-corrected chi connectivity index (χ4v) is 0.813. The van der Waals surface area contributed by atoms with Crippen LogP contribution >= 0.6 is 0 Å². The van der Waals surface area contributed by atoms with Gasteiger partial charge in [-0.1, -0.05) is 6.07 Å². The molecule has 0 saturated heterocycles. The highest BCUT2D eigenvalue weighted by atomic mass is 16.3. The number of phenolic OH excluding ortho intramolecular Hbond substituents is 1. The summed E-state index contributed by atoms with van der Waals surface area (Å²) in [4.78, 5) is 0. The van der Waals surface area contributed by atoms with Gasteiger partial charge < -0.3 is 22.3 Å². The molecule has 0 unspecified atom stereocenters. The second-order valence-electron chi connectivity index (χ2n) is 2.88. The smallest absolute Gasteiger partial charge is 0.117 e. The number of rotatable bonds is 3. The maximum absolute atomic E-state index is 8.73. The lowest BCUT2D eigenvalue weighted by molar-refractivity contribution is 0.475. The second-order valence-corrected chi connectivity index (χ2v) is 2.88. The van der Waals surface area contributed by atoms with Gasteiger partial charge in [-0.2, -0.15) is 0 Å². The van der Waals surface area contributed by atoms with E-state index in [1.54, 1.807) is 18.2 Å². The highest BCUT2D eigenvalue weighted by Crippen LogP contribution is 2.10. The first-order chi connectivity index (χ1) is 6.70. The second kappa shape index (κ2) is 8.34. The third-order valence-electron chi connectivity index (χ3n) is 1.53. The fraction of sp³-hybridized carbons (Fsp3) is 0.400. The Morgan fingerprint density at radius 2 is 1.64 bits per heavy atom. The molecule has 4 heteroatoms. The monoisotopic (exact) mass is 197 g/mol. The normalized spacial score (nSPS) is 9.00. The molecule has 0 atom stereocenters. The van der Waals surface area contributed by atoms with E-state index in [4.69, 9.17) is 22.3 Å². The van der Waals surface area contributed by atoms with Crippen molar-refractivity contribution in [1.29, 1.82) is 0 Å². The van der Waals surface area contributed by atoms with E-state index in [2.05, 4.69) is 0 Å². The number of unbranched alkanes of at least 4 members (excludes halogenated alkanes) is 1. The number of anilines is 1. The Balaban J connectivity index is 0.000000255. The predicted molar refractivity (Wildman–Crippen MR) is 59.9 cm³/mol. The topological polar surface area (TPSA) is 98.3 Å². The maximum atomic E-state index is 8.73. The molecule has 1 aromatic carbocycles. The Kier molecular flexibility index (Phi) is 7.59. The first-order valence-corrected chi connectivity index (χ1v) is 4.65. The zero-order chi connectivity index (χ0) is 10.8. The summed E-state index contributed by atoms with van der Waals surface area (Å²) >= 11 is 0. The quantitative estimate of drug-likeness (QED) is 0.422. The van der Waals surface area contributed by atoms with Crippen molar-refractivity contribution in [3.8, 4) is 5.75 Å². The minimum Gasteiger partial charge on any atom is -0.508 e. The lowest BCUT2D eigenvalue weighted by atomic mass is 10.3. The number of nitrogens with two attached hydrogens (primary N) is 3. The van der Waals surface area contributed by atoms with E-state index in [1.807, 2.05) is 0 Å². The maximum Gasteiger partial charge on any atom is 0.117 e. The Hall–Kier alpha value is -1.26.